The van der Waals surface area contributed by atoms with E-state index in [0.717, 1.165) is 6.42 Å². The first-order valence-electron chi connectivity index (χ1n) is 7.19. The molecule has 2 aliphatic heterocycles. The molecule has 3 nitrogen and oxygen atoms in total. The van der Waals surface area contributed by atoms with Crippen molar-refractivity contribution in [3.63, 3.8) is 0 Å². The number of aromatic nitrogens is 2. The highest BCUT2D eigenvalue weighted by molar-refractivity contribution is 5.08. The first-order valence-corrected chi connectivity index (χ1v) is 7.19. The van der Waals surface area contributed by atoms with Crippen molar-refractivity contribution in [3.8, 4) is 0 Å². The van der Waals surface area contributed by atoms with Crippen molar-refractivity contribution in [2.45, 2.75) is 51.5 Å². The van der Waals surface area contributed by atoms with E-state index in [1.54, 1.807) is 0 Å². The lowest BCUT2D eigenvalue weighted by molar-refractivity contribution is 0.229. The highest BCUT2D eigenvalue weighted by atomic mass is 15.1. The van der Waals surface area contributed by atoms with E-state index in [2.05, 4.69) is 20.6 Å². The highest BCUT2D eigenvalue weighted by Gasteiger charge is 2.15. The first-order chi connectivity index (χ1) is 8.43. The van der Waals surface area contributed by atoms with Gasteiger partial charge >= 0.3 is 0 Å². The van der Waals surface area contributed by atoms with Crippen LogP contribution in [0, 0.1) is 0 Å². The molecule has 0 spiro atoms. The summed E-state index contributed by atoms with van der Waals surface area (Å²) in [5, 5.41) is 0. The maximum Gasteiger partial charge on any atom is 0.110 e. The minimum atomic E-state index is 1.14. The van der Waals surface area contributed by atoms with Crippen molar-refractivity contribution in [1.82, 2.24) is 14.5 Å². The van der Waals surface area contributed by atoms with Crippen molar-refractivity contribution >= 4 is 0 Å². The zero-order valence-electron chi connectivity index (χ0n) is 10.7. The number of aryl methyl sites for hydroxylation is 1. The molecule has 0 aromatic carbocycles. The summed E-state index contributed by atoms with van der Waals surface area (Å²) in [6.07, 6.45) is 11.4. The van der Waals surface area contributed by atoms with Gasteiger partial charge in [-0.3, -0.25) is 0 Å². The first kappa shape index (κ1) is 11.3. The Morgan fingerprint density at radius 2 is 1.82 bits per heavy atom. The molecule has 1 saturated heterocycles. The van der Waals surface area contributed by atoms with Crippen molar-refractivity contribution in [3.05, 3.63) is 17.7 Å². The van der Waals surface area contributed by atoms with E-state index in [-0.39, 0.29) is 0 Å². The third kappa shape index (κ3) is 2.54. The molecule has 3 heteroatoms. The van der Waals surface area contributed by atoms with Crippen LogP contribution in [0.4, 0.5) is 0 Å². The second-order valence-electron chi connectivity index (χ2n) is 5.43. The van der Waals surface area contributed by atoms with E-state index in [1.165, 1.54) is 76.2 Å². The van der Waals surface area contributed by atoms with Crippen LogP contribution in [0.25, 0.3) is 0 Å². The smallest absolute Gasteiger partial charge is 0.110 e. The molecule has 2 aliphatic rings. The molecule has 0 atom stereocenters. The molecule has 1 aromatic rings. The molecule has 3 heterocycles. The Hall–Kier alpha value is -0.830. The molecular weight excluding hydrogens is 210 g/mol. The third-order valence-electron chi connectivity index (χ3n) is 4.19. The van der Waals surface area contributed by atoms with Gasteiger partial charge in [-0.25, -0.2) is 4.98 Å². The minimum Gasteiger partial charge on any atom is -0.332 e. The predicted octanol–water partition coefficient (Wildman–Crippen LogP) is 2.25. The number of piperidine rings is 1. The molecule has 1 aromatic heterocycles. The molecule has 0 bridgehead atoms. The largest absolute Gasteiger partial charge is 0.332 e. The van der Waals surface area contributed by atoms with Gasteiger partial charge in [0.15, 0.2) is 0 Å². The average molecular weight is 233 g/mol. The summed E-state index contributed by atoms with van der Waals surface area (Å²) >= 11 is 0. The van der Waals surface area contributed by atoms with Crippen molar-refractivity contribution in [1.29, 1.82) is 0 Å². The molecule has 1 fully saturated rings. The second-order valence-corrected chi connectivity index (χ2v) is 5.43. The van der Waals surface area contributed by atoms with Crippen LogP contribution in [0.2, 0.25) is 0 Å². The number of rotatable bonds is 3. The zero-order valence-corrected chi connectivity index (χ0v) is 10.7. The Bertz CT molecular complexity index is 364. The van der Waals surface area contributed by atoms with Crippen LogP contribution in [0.1, 0.15) is 43.6 Å². The second kappa shape index (κ2) is 5.21. The number of hydrogen-bond donors (Lipinski definition) is 0. The van der Waals surface area contributed by atoms with Gasteiger partial charge in [0, 0.05) is 31.4 Å². The van der Waals surface area contributed by atoms with E-state index in [1.807, 2.05) is 0 Å². The molecule has 0 unspecified atom stereocenters. The fourth-order valence-electron chi connectivity index (χ4n) is 3.14. The predicted molar refractivity (Wildman–Crippen MR) is 69.2 cm³/mol. The number of hydrogen-bond acceptors (Lipinski definition) is 2. The van der Waals surface area contributed by atoms with Crippen molar-refractivity contribution in [2.75, 3.05) is 19.6 Å². The summed E-state index contributed by atoms with van der Waals surface area (Å²) in [5.74, 6) is 1.32. The fraction of sp³-hybridized carbons (Fsp3) is 0.786. The van der Waals surface area contributed by atoms with Gasteiger partial charge in [0.1, 0.15) is 5.82 Å². The summed E-state index contributed by atoms with van der Waals surface area (Å²) in [5.41, 5.74) is 1.46. The Balaban J connectivity index is 1.59. The summed E-state index contributed by atoms with van der Waals surface area (Å²) in [4.78, 5) is 7.22. The standard InChI is InChI=1S/C14H23N3/c1-3-8-16(9-4-1)11-7-14-15-12-13-6-2-5-10-17(13)14/h12H,1-11H2. The molecule has 0 amide bonds. The minimum absolute atomic E-state index is 1.14. The monoisotopic (exact) mass is 233 g/mol. The van der Waals surface area contributed by atoms with E-state index in [0.29, 0.717) is 0 Å². The van der Waals surface area contributed by atoms with Crippen molar-refractivity contribution in [2.24, 2.45) is 0 Å². The van der Waals surface area contributed by atoms with Gasteiger partial charge in [-0.1, -0.05) is 6.42 Å². The normalized spacial score (nSPS) is 21.4. The summed E-state index contributed by atoms with van der Waals surface area (Å²) in [7, 11) is 0. The van der Waals surface area contributed by atoms with Crippen molar-refractivity contribution < 1.29 is 0 Å². The van der Waals surface area contributed by atoms with E-state index in [4.69, 9.17) is 0 Å². The maximum atomic E-state index is 4.62. The summed E-state index contributed by atoms with van der Waals surface area (Å²) in [6.45, 7) is 5.00. The SMILES string of the molecule is c1nc(CCN2CCCCC2)n2c1CCCC2. The topological polar surface area (TPSA) is 21.1 Å². The van der Waals surface area contributed by atoms with Crippen LogP contribution in [0.15, 0.2) is 6.20 Å². The van der Waals surface area contributed by atoms with Gasteiger partial charge in [0.25, 0.3) is 0 Å². The summed E-state index contributed by atoms with van der Waals surface area (Å²) in [6, 6.07) is 0. The molecule has 94 valence electrons. The van der Waals surface area contributed by atoms with Gasteiger partial charge in [-0.2, -0.15) is 0 Å². The molecule has 0 radical (unpaired) electrons. The third-order valence-corrected chi connectivity index (χ3v) is 4.19. The van der Waals surface area contributed by atoms with Gasteiger partial charge in [-0.15, -0.1) is 0 Å². The fourth-order valence-corrected chi connectivity index (χ4v) is 3.14. The average Bonchev–Trinajstić information content (AvgIpc) is 2.81. The lowest BCUT2D eigenvalue weighted by Gasteiger charge is -2.26. The lowest BCUT2D eigenvalue weighted by Crippen LogP contribution is -2.32. The Morgan fingerprint density at radius 1 is 1.00 bits per heavy atom. The molecular formula is C14H23N3. The van der Waals surface area contributed by atoms with Crippen LogP contribution < -0.4 is 0 Å². The molecule has 0 saturated carbocycles. The number of likely N-dealkylation sites (tertiary alicyclic amines) is 1. The summed E-state index contributed by atoms with van der Waals surface area (Å²) < 4.78 is 2.47. The van der Waals surface area contributed by atoms with Gasteiger partial charge in [0.05, 0.1) is 0 Å². The van der Waals surface area contributed by atoms with Crippen LogP contribution in [-0.4, -0.2) is 34.1 Å². The quantitative estimate of drug-likeness (QED) is 0.798. The highest BCUT2D eigenvalue weighted by Crippen LogP contribution is 2.17. The molecule has 17 heavy (non-hydrogen) atoms. The Labute approximate surface area is 104 Å². The molecule has 3 rings (SSSR count). The zero-order chi connectivity index (χ0) is 11.5. The Morgan fingerprint density at radius 3 is 2.71 bits per heavy atom. The van der Waals surface area contributed by atoms with E-state index in [9.17, 15) is 0 Å². The lowest BCUT2D eigenvalue weighted by atomic mass is 10.1. The molecule has 0 N–H and O–H groups in total. The number of fused-ring (bicyclic) bond motifs is 1. The van der Waals surface area contributed by atoms with E-state index >= 15 is 0 Å². The van der Waals surface area contributed by atoms with E-state index < -0.39 is 0 Å². The molecule has 0 aliphatic carbocycles. The van der Waals surface area contributed by atoms with Gasteiger partial charge < -0.3 is 9.47 Å². The van der Waals surface area contributed by atoms with Crippen LogP contribution in [0.3, 0.4) is 0 Å². The van der Waals surface area contributed by atoms with Gasteiger partial charge in [-0.05, 0) is 45.2 Å². The van der Waals surface area contributed by atoms with Crippen LogP contribution in [0.5, 0.6) is 0 Å². The number of imidazole rings is 1. The van der Waals surface area contributed by atoms with Gasteiger partial charge in [0.2, 0.25) is 0 Å². The van der Waals surface area contributed by atoms with Crippen LogP contribution >= 0.6 is 0 Å². The number of nitrogens with zero attached hydrogens (tertiary/aromatic N) is 3. The maximum absolute atomic E-state index is 4.62. The van der Waals surface area contributed by atoms with Crippen LogP contribution in [-0.2, 0) is 19.4 Å². The Kier molecular flexibility index (Phi) is 3.46.